The lowest BCUT2D eigenvalue weighted by Gasteiger charge is -2.47. The Morgan fingerprint density at radius 2 is 1.90 bits per heavy atom. The van der Waals surface area contributed by atoms with E-state index in [1.54, 1.807) is 0 Å². The first-order chi connectivity index (χ1) is 9.19. The van der Waals surface area contributed by atoms with Crippen molar-refractivity contribution in [3.05, 3.63) is 0 Å². The van der Waals surface area contributed by atoms with Crippen LogP contribution in [0.1, 0.15) is 59.8 Å². The number of Topliss-reactive ketones (excluding diaryl/α,β-unsaturated/α-hetero) is 1. The molecule has 1 spiro atoms. The summed E-state index contributed by atoms with van der Waals surface area (Å²) in [5.74, 6) is 0.849. The zero-order valence-electron chi connectivity index (χ0n) is 13.2. The lowest BCUT2D eigenvalue weighted by molar-refractivity contribution is -0.123. The molecular formula is C16H27NO3. The fraction of sp³-hybridized carbons (Fsp3) is 0.875. The Hall–Kier alpha value is -1.06. The molecule has 0 aromatic carbocycles. The van der Waals surface area contributed by atoms with E-state index in [0.29, 0.717) is 24.5 Å². The van der Waals surface area contributed by atoms with E-state index in [9.17, 15) is 9.59 Å². The van der Waals surface area contributed by atoms with Crippen molar-refractivity contribution in [2.45, 2.75) is 65.4 Å². The molecule has 1 heterocycles. The Balaban J connectivity index is 2.04. The molecule has 0 aromatic heterocycles. The average molecular weight is 281 g/mol. The van der Waals surface area contributed by atoms with Gasteiger partial charge >= 0.3 is 6.09 Å². The predicted molar refractivity (Wildman–Crippen MR) is 77.5 cm³/mol. The van der Waals surface area contributed by atoms with Gasteiger partial charge in [0.1, 0.15) is 11.4 Å². The van der Waals surface area contributed by atoms with Gasteiger partial charge in [0, 0.05) is 25.9 Å². The van der Waals surface area contributed by atoms with Crippen LogP contribution in [0.4, 0.5) is 4.79 Å². The SMILES string of the molecule is CC1CN(C(=O)OC(C)(C)C)CC2(CCC(=O)CC2)C1. The highest BCUT2D eigenvalue weighted by atomic mass is 16.6. The molecule has 0 aromatic rings. The summed E-state index contributed by atoms with van der Waals surface area (Å²) in [5.41, 5.74) is -0.310. The molecule has 4 nitrogen and oxygen atoms in total. The van der Waals surface area contributed by atoms with Crippen LogP contribution in [0, 0.1) is 11.3 Å². The van der Waals surface area contributed by atoms with Crippen molar-refractivity contribution in [1.82, 2.24) is 4.90 Å². The number of nitrogens with zero attached hydrogens (tertiary/aromatic N) is 1. The summed E-state index contributed by atoms with van der Waals surface area (Å²) < 4.78 is 5.50. The molecule has 1 unspecified atom stereocenters. The fourth-order valence-corrected chi connectivity index (χ4v) is 3.60. The minimum absolute atomic E-state index is 0.141. The predicted octanol–water partition coefficient (Wildman–Crippen LogP) is 3.39. The third kappa shape index (κ3) is 3.74. The van der Waals surface area contributed by atoms with E-state index >= 15 is 0 Å². The van der Waals surface area contributed by atoms with Crippen molar-refractivity contribution in [3.8, 4) is 0 Å². The second-order valence-corrected chi connectivity index (χ2v) is 7.71. The highest BCUT2D eigenvalue weighted by Crippen LogP contribution is 2.44. The average Bonchev–Trinajstić information content (AvgIpc) is 2.30. The standard InChI is InChI=1S/C16H27NO3/c1-12-9-16(7-5-13(18)6-8-16)11-17(10-12)14(19)20-15(2,3)4/h12H,5-11H2,1-4H3. The molecule has 1 aliphatic carbocycles. The normalized spacial score (nSPS) is 26.7. The molecule has 20 heavy (non-hydrogen) atoms. The molecule has 1 aliphatic heterocycles. The summed E-state index contributed by atoms with van der Waals surface area (Å²) in [6.07, 6.45) is 4.12. The molecule has 1 saturated carbocycles. The smallest absolute Gasteiger partial charge is 0.410 e. The second-order valence-electron chi connectivity index (χ2n) is 7.71. The fourth-order valence-electron chi connectivity index (χ4n) is 3.60. The van der Waals surface area contributed by atoms with Gasteiger partial charge in [0.15, 0.2) is 0 Å². The number of hydrogen-bond acceptors (Lipinski definition) is 3. The summed E-state index contributed by atoms with van der Waals surface area (Å²) in [4.78, 5) is 25.6. The van der Waals surface area contributed by atoms with Gasteiger partial charge in [-0.2, -0.15) is 0 Å². The van der Waals surface area contributed by atoms with Crippen molar-refractivity contribution in [2.75, 3.05) is 13.1 Å². The minimum Gasteiger partial charge on any atom is -0.444 e. The van der Waals surface area contributed by atoms with E-state index in [-0.39, 0.29) is 11.5 Å². The maximum Gasteiger partial charge on any atom is 0.410 e. The van der Waals surface area contributed by atoms with Crippen LogP contribution in [0.15, 0.2) is 0 Å². The molecule has 1 atom stereocenters. The van der Waals surface area contributed by atoms with Crippen LogP contribution in [0.5, 0.6) is 0 Å². The Morgan fingerprint density at radius 3 is 2.45 bits per heavy atom. The van der Waals surface area contributed by atoms with Crippen LogP contribution in [0.3, 0.4) is 0 Å². The van der Waals surface area contributed by atoms with E-state index in [0.717, 1.165) is 32.4 Å². The third-order valence-electron chi connectivity index (χ3n) is 4.36. The van der Waals surface area contributed by atoms with Crippen LogP contribution in [-0.4, -0.2) is 35.5 Å². The molecule has 1 amide bonds. The van der Waals surface area contributed by atoms with Gasteiger partial charge in [-0.05, 0) is 51.4 Å². The van der Waals surface area contributed by atoms with Crippen molar-refractivity contribution < 1.29 is 14.3 Å². The number of ketones is 1. The molecule has 0 N–H and O–H groups in total. The van der Waals surface area contributed by atoms with Gasteiger partial charge in [-0.15, -0.1) is 0 Å². The molecule has 2 aliphatic rings. The highest BCUT2D eigenvalue weighted by Gasteiger charge is 2.42. The van der Waals surface area contributed by atoms with Crippen LogP contribution in [-0.2, 0) is 9.53 Å². The van der Waals surface area contributed by atoms with Crippen molar-refractivity contribution in [1.29, 1.82) is 0 Å². The van der Waals surface area contributed by atoms with Crippen LogP contribution < -0.4 is 0 Å². The maximum atomic E-state index is 12.3. The first-order valence-corrected chi connectivity index (χ1v) is 7.69. The van der Waals surface area contributed by atoms with Gasteiger partial charge in [-0.3, -0.25) is 4.79 Å². The molecule has 0 radical (unpaired) electrons. The number of carbonyl (C=O) groups is 2. The zero-order chi connectivity index (χ0) is 15.0. The number of hydrogen-bond donors (Lipinski definition) is 0. The lowest BCUT2D eigenvalue weighted by atomic mass is 9.67. The van der Waals surface area contributed by atoms with Gasteiger partial charge in [0.05, 0.1) is 0 Å². The van der Waals surface area contributed by atoms with Gasteiger partial charge in [-0.25, -0.2) is 4.79 Å². The van der Waals surface area contributed by atoms with Gasteiger partial charge in [-0.1, -0.05) is 6.92 Å². The number of rotatable bonds is 0. The van der Waals surface area contributed by atoms with Gasteiger partial charge in [0.25, 0.3) is 0 Å². The van der Waals surface area contributed by atoms with Crippen LogP contribution in [0.25, 0.3) is 0 Å². The van der Waals surface area contributed by atoms with Crippen molar-refractivity contribution >= 4 is 11.9 Å². The molecule has 4 heteroatoms. The molecule has 2 fully saturated rings. The Labute approximate surface area is 121 Å². The summed E-state index contributed by atoms with van der Waals surface area (Å²) in [6.45, 7) is 9.40. The van der Waals surface area contributed by atoms with Crippen molar-refractivity contribution in [2.24, 2.45) is 11.3 Å². The van der Waals surface area contributed by atoms with E-state index in [2.05, 4.69) is 6.92 Å². The molecule has 0 bridgehead atoms. The summed E-state index contributed by atoms with van der Waals surface area (Å²) in [5, 5.41) is 0. The molecule has 2 rings (SSSR count). The quantitative estimate of drug-likeness (QED) is 0.683. The van der Waals surface area contributed by atoms with E-state index in [1.807, 2.05) is 25.7 Å². The van der Waals surface area contributed by atoms with Crippen LogP contribution in [0.2, 0.25) is 0 Å². The van der Waals surface area contributed by atoms with Crippen LogP contribution >= 0.6 is 0 Å². The summed E-state index contributed by atoms with van der Waals surface area (Å²) >= 11 is 0. The van der Waals surface area contributed by atoms with Gasteiger partial charge < -0.3 is 9.64 Å². The summed E-state index contributed by atoms with van der Waals surface area (Å²) in [6, 6.07) is 0. The first-order valence-electron chi connectivity index (χ1n) is 7.69. The maximum absolute atomic E-state index is 12.3. The Morgan fingerprint density at radius 1 is 1.30 bits per heavy atom. The minimum atomic E-state index is -0.451. The highest BCUT2D eigenvalue weighted by molar-refractivity contribution is 5.79. The lowest BCUT2D eigenvalue weighted by Crippen LogP contribution is -2.51. The third-order valence-corrected chi connectivity index (χ3v) is 4.36. The summed E-state index contributed by atoms with van der Waals surface area (Å²) in [7, 11) is 0. The zero-order valence-corrected chi connectivity index (χ0v) is 13.2. The molecular weight excluding hydrogens is 254 g/mol. The largest absolute Gasteiger partial charge is 0.444 e. The topological polar surface area (TPSA) is 46.6 Å². The monoisotopic (exact) mass is 281 g/mol. The van der Waals surface area contributed by atoms with Crippen molar-refractivity contribution in [3.63, 3.8) is 0 Å². The number of piperidine rings is 1. The van der Waals surface area contributed by atoms with E-state index < -0.39 is 5.60 Å². The van der Waals surface area contributed by atoms with Gasteiger partial charge in [0.2, 0.25) is 0 Å². The Kier molecular flexibility index (Phi) is 4.12. The molecule has 1 saturated heterocycles. The number of ether oxygens (including phenoxy) is 1. The van der Waals surface area contributed by atoms with E-state index in [1.165, 1.54) is 0 Å². The number of amides is 1. The molecule has 114 valence electrons. The number of carbonyl (C=O) groups excluding carboxylic acids is 2. The first kappa shape index (κ1) is 15.3. The number of likely N-dealkylation sites (tertiary alicyclic amines) is 1. The second kappa shape index (κ2) is 5.38. The Bertz CT molecular complexity index is 387. The van der Waals surface area contributed by atoms with E-state index in [4.69, 9.17) is 4.74 Å².